The first-order chi connectivity index (χ1) is 20.9. The van der Waals surface area contributed by atoms with Crippen molar-refractivity contribution in [1.82, 2.24) is 19.1 Å². The molecule has 18 heteroatoms. The maximum atomic E-state index is 13.7. The van der Waals surface area contributed by atoms with Crippen LogP contribution >= 0.6 is 7.82 Å². The second kappa shape index (κ2) is 13.3. The lowest BCUT2D eigenvalue weighted by Gasteiger charge is -2.39. The lowest BCUT2D eigenvalue weighted by atomic mass is 10.2. The predicted octanol–water partition coefficient (Wildman–Crippen LogP) is 1.82. The molecule has 3 N–H and O–H groups in total. The molecule has 2 aromatic rings. The van der Waals surface area contributed by atoms with Crippen LogP contribution in [0.3, 0.4) is 0 Å². The Morgan fingerprint density at radius 2 is 1.42 bits per heavy atom. The number of H-pyrrole nitrogens is 2. The molecule has 2 aliphatic rings. The van der Waals surface area contributed by atoms with Crippen LogP contribution in [-0.4, -0.2) is 77.3 Å². The molecular formula is C27H43N4O12PSi. The minimum absolute atomic E-state index is 0.0130. The maximum absolute atomic E-state index is 13.7. The summed E-state index contributed by atoms with van der Waals surface area (Å²) < 4.78 is 51.5. The number of aliphatic hydroxyl groups excluding tert-OH is 1. The first-order valence-corrected chi connectivity index (χ1v) is 19.0. The molecule has 4 rings (SSSR count). The summed E-state index contributed by atoms with van der Waals surface area (Å²) in [5, 5.41) is 9.79. The van der Waals surface area contributed by atoms with Crippen molar-refractivity contribution < 1.29 is 37.1 Å². The van der Waals surface area contributed by atoms with Crippen LogP contribution in [0, 0.1) is 13.8 Å². The molecule has 2 aliphatic heterocycles. The van der Waals surface area contributed by atoms with Gasteiger partial charge in [0, 0.05) is 43.5 Å². The molecule has 0 spiro atoms. The Hall–Kier alpha value is -2.47. The smallest absolute Gasteiger partial charge is 0.411 e. The van der Waals surface area contributed by atoms with Crippen molar-refractivity contribution in [2.75, 3.05) is 20.3 Å². The Labute approximate surface area is 260 Å². The van der Waals surface area contributed by atoms with Crippen LogP contribution in [0.15, 0.2) is 31.6 Å². The number of nitrogens with zero attached hydrogens (tertiary/aromatic N) is 2. The van der Waals surface area contributed by atoms with Crippen LogP contribution in [0.5, 0.6) is 0 Å². The van der Waals surface area contributed by atoms with E-state index in [2.05, 4.69) is 43.8 Å². The number of aryl methyl sites for hydroxylation is 2. The first-order valence-electron chi connectivity index (χ1n) is 14.6. The Morgan fingerprint density at radius 3 is 1.89 bits per heavy atom. The number of phosphoric ester groups is 1. The molecule has 252 valence electrons. The number of hydrogen-bond donors (Lipinski definition) is 3. The largest absolute Gasteiger partial charge is 0.474 e. The normalized spacial score (nSPS) is 27.1. The Bertz CT molecular complexity index is 1660. The standard InChI is InChI=1S/C27H43N4O12PSi/c1-15-11-30(25(35)28-23(15)33)21-9-17(19(13-32)40-21)42-44(37,38-6)39-14-20-18(43-45(7,8)27(3,4)5)10-22(41-20)31-12-16(2)24(34)29-26(31)36/h11-12,17-22,32H,9-10,13-14H2,1-8H3,(H,28,33,35)(H,29,34,36)/t17-,18-,19+,20+,21+,22+,44?/m0/s1. The predicted molar refractivity (Wildman–Crippen MR) is 164 cm³/mol. The number of aliphatic hydroxyl groups is 1. The van der Waals surface area contributed by atoms with Crippen molar-refractivity contribution in [3.05, 3.63) is 65.2 Å². The van der Waals surface area contributed by atoms with Gasteiger partial charge in [0.1, 0.15) is 30.8 Å². The Morgan fingerprint density at radius 1 is 0.933 bits per heavy atom. The topological polar surface area (TPSA) is 202 Å². The van der Waals surface area contributed by atoms with E-state index in [1.54, 1.807) is 6.92 Å². The Kier molecular flexibility index (Phi) is 10.5. The van der Waals surface area contributed by atoms with E-state index in [0.717, 1.165) is 11.7 Å². The number of aromatic nitrogens is 4. The van der Waals surface area contributed by atoms with Gasteiger partial charge >= 0.3 is 19.2 Å². The zero-order chi connectivity index (χ0) is 33.5. The average molecular weight is 675 g/mol. The second-order valence-corrected chi connectivity index (χ2v) is 19.3. The van der Waals surface area contributed by atoms with Gasteiger partial charge < -0.3 is 19.0 Å². The first kappa shape index (κ1) is 35.4. The maximum Gasteiger partial charge on any atom is 0.474 e. The lowest BCUT2D eigenvalue weighted by molar-refractivity contribution is -0.0579. The van der Waals surface area contributed by atoms with Gasteiger partial charge in [0.25, 0.3) is 11.1 Å². The summed E-state index contributed by atoms with van der Waals surface area (Å²) in [6.45, 7) is 12.7. The fraction of sp³-hybridized carbons (Fsp3) is 0.704. The summed E-state index contributed by atoms with van der Waals surface area (Å²) in [6.07, 6.45) is -2.12. The van der Waals surface area contributed by atoms with Crippen LogP contribution < -0.4 is 22.5 Å². The van der Waals surface area contributed by atoms with Crippen molar-refractivity contribution in [2.45, 2.75) is 102 Å². The van der Waals surface area contributed by atoms with Crippen LogP contribution in [-0.2, 0) is 32.0 Å². The van der Waals surface area contributed by atoms with E-state index in [-0.39, 0.29) is 30.1 Å². The number of rotatable bonds is 11. The average Bonchev–Trinajstić information content (AvgIpc) is 3.53. The molecule has 0 amide bonds. The number of phosphoric acid groups is 1. The van der Waals surface area contributed by atoms with E-state index in [9.17, 15) is 28.8 Å². The molecule has 16 nitrogen and oxygen atoms in total. The van der Waals surface area contributed by atoms with Gasteiger partial charge in [-0.1, -0.05) is 20.8 Å². The van der Waals surface area contributed by atoms with Gasteiger partial charge in [0.2, 0.25) is 0 Å². The highest BCUT2D eigenvalue weighted by Crippen LogP contribution is 2.53. The van der Waals surface area contributed by atoms with Crippen molar-refractivity contribution in [3.63, 3.8) is 0 Å². The molecule has 0 aromatic carbocycles. The molecule has 45 heavy (non-hydrogen) atoms. The van der Waals surface area contributed by atoms with Gasteiger partial charge in [0.05, 0.1) is 19.3 Å². The van der Waals surface area contributed by atoms with E-state index in [1.165, 1.54) is 23.9 Å². The van der Waals surface area contributed by atoms with E-state index < -0.39 is 82.1 Å². The lowest BCUT2D eigenvalue weighted by Crippen LogP contribution is -2.46. The highest BCUT2D eigenvalue weighted by molar-refractivity contribution is 7.48. The van der Waals surface area contributed by atoms with E-state index in [0.29, 0.717) is 5.56 Å². The van der Waals surface area contributed by atoms with Crippen LogP contribution in [0.1, 0.15) is 57.2 Å². The van der Waals surface area contributed by atoms with Crippen molar-refractivity contribution in [2.24, 2.45) is 0 Å². The van der Waals surface area contributed by atoms with Gasteiger partial charge in [-0.25, -0.2) is 14.2 Å². The van der Waals surface area contributed by atoms with E-state index >= 15 is 0 Å². The minimum atomic E-state index is -4.30. The van der Waals surface area contributed by atoms with Crippen molar-refractivity contribution >= 4 is 16.1 Å². The van der Waals surface area contributed by atoms with Crippen LogP contribution in [0.2, 0.25) is 18.1 Å². The highest BCUT2D eigenvalue weighted by atomic mass is 31.2. The fourth-order valence-electron chi connectivity index (χ4n) is 4.90. The summed E-state index contributed by atoms with van der Waals surface area (Å²) >= 11 is 0. The highest BCUT2D eigenvalue weighted by Gasteiger charge is 2.47. The van der Waals surface area contributed by atoms with Gasteiger partial charge in [0.15, 0.2) is 8.32 Å². The van der Waals surface area contributed by atoms with Gasteiger partial charge in [-0.05, 0) is 32.0 Å². The summed E-state index contributed by atoms with van der Waals surface area (Å²) in [6, 6.07) is 0. The SMILES string of the molecule is COP(=O)(OC[C@H]1O[C@@H](n2cc(C)c(=O)[nH]c2=O)C[C@@H]1O[Si](C)(C)C(C)(C)C)O[C@H]1C[C@H](n2cc(C)c(=O)[nH]c2=O)O[C@@H]1CO. The minimum Gasteiger partial charge on any atom is -0.411 e. The number of ether oxygens (including phenoxy) is 2. The van der Waals surface area contributed by atoms with Crippen molar-refractivity contribution in [1.29, 1.82) is 0 Å². The summed E-state index contributed by atoms with van der Waals surface area (Å²) in [5.74, 6) is 0. The molecule has 7 atom stereocenters. The molecule has 2 saturated heterocycles. The second-order valence-electron chi connectivity index (χ2n) is 12.9. The molecule has 0 aliphatic carbocycles. The quantitative estimate of drug-likeness (QED) is 0.231. The van der Waals surface area contributed by atoms with Crippen LogP contribution in [0.25, 0.3) is 0 Å². The fourth-order valence-corrected chi connectivity index (χ4v) is 7.40. The molecular weight excluding hydrogens is 631 g/mol. The van der Waals surface area contributed by atoms with E-state index in [4.69, 9.17) is 27.5 Å². The Balaban J connectivity index is 1.53. The molecule has 0 saturated carbocycles. The van der Waals surface area contributed by atoms with Gasteiger partial charge in [-0.15, -0.1) is 0 Å². The summed E-state index contributed by atoms with van der Waals surface area (Å²) in [5.41, 5.74) is -1.79. The van der Waals surface area contributed by atoms with E-state index in [1.807, 2.05) is 0 Å². The molecule has 2 fully saturated rings. The summed E-state index contributed by atoms with van der Waals surface area (Å²) in [4.78, 5) is 53.3. The molecule has 1 unspecified atom stereocenters. The molecule has 4 heterocycles. The monoisotopic (exact) mass is 674 g/mol. The van der Waals surface area contributed by atoms with Gasteiger partial charge in [-0.2, -0.15) is 0 Å². The molecule has 0 bridgehead atoms. The van der Waals surface area contributed by atoms with Crippen molar-refractivity contribution in [3.8, 4) is 0 Å². The van der Waals surface area contributed by atoms with Crippen LogP contribution in [0.4, 0.5) is 0 Å². The van der Waals surface area contributed by atoms with Gasteiger partial charge in [-0.3, -0.25) is 42.3 Å². The molecule has 2 aromatic heterocycles. The number of nitrogens with one attached hydrogen (secondary N) is 2. The molecule has 0 radical (unpaired) electrons. The number of aromatic amines is 2. The third-order valence-electron chi connectivity index (χ3n) is 8.59. The number of hydrogen-bond acceptors (Lipinski definition) is 12. The zero-order valence-electron chi connectivity index (χ0n) is 26.7. The zero-order valence-corrected chi connectivity index (χ0v) is 28.6. The third-order valence-corrected chi connectivity index (χ3v) is 14.5. The third kappa shape index (κ3) is 7.74. The summed E-state index contributed by atoms with van der Waals surface area (Å²) in [7, 11) is -5.52.